The first-order chi connectivity index (χ1) is 12.6. The molecule has 1 aliphatic heterocycles. The quantitative estimate of drug-likeness (QED) is 0.373. The van der Waals surface area contributed by atoms with Crippen molar-refractivity contribution in [3.05, 3.63) is 11.6 Å². The Labute approximate surface area is 178 Å². The van der Waals surface area contributed by atoms with Gasteiger partial charge in [0.25, 0.3) is 0 Å². The molecule has 3 rings (SSSR count). The van der Waals surface area contributed by atoms with Gasteiger partial charge in [0.1, 0.15) is 12.4 Å². The van der Waals surface area contributed by atoms with Gasteiger partial charge in [-0.2, -0.15) is 0 Å². The average molecular weight is 489 g/mol. The van der Waals surface area contributed by atoms with E-state index in [4.69, 9.17) is 0 Å². The molecule has 1 atom stereocenters. The first-order valence-corrected chi connectivity index (χ1v) is 9.77. The van der Waals surface area contributed by atoms with Gasteiger partial charge in [-0.25, -0.2) is 4.99 Å². The number of amides is 1. The monoisotopic (exact) mass is 489 g/mol. The van der Waals surface area contributed by atoms with Crippen LogP contribution in [0.1, 0.15) is 50.7 Å². The molecule has 0 aromatic carbocycles. The molecule has 2 fully saturated rings. The van der Waals surface area contributed by atoms with Gasteiger partial charge in [0, 0.05) is 38.6 Å². The lowest BCUT2D eigenvalue weighted by atomic mass is 10.1. The number of carbonyl (C=O) groups excluding carboxylic acids is 1. The Morgan fingerprint density at radius 3 is 2.63 bits per heavy atom. The molecule has 8 nitrogen and oxygen atoms in total. The fourth-order valence-electron chi connectivity index (χ4n) is 3.76. The Bertz CT molecular complexity index is 654. The highest BCUT2D eigenvalue weighted by molar-refractivity contribution is 14.0. The summed E-state index contributed by atoms with van der Waals surface area (Å²) in [5, 5.41) is 15.0. The van der Waals surface area contributed by atoms with Crippen LogP contribution in [0.5, 0.6) is 0 Å². The van der Waals surface area contributed by atoms with Crippen molar-refractivity contribution in [1.82, 2.24) is 30.3 Å². The summed E-state index contributed by atoms with van der Waals surface area (Å²) >= 11 is 0. The van der Waals surface area contributed by atoms with Crippen LogP contribution < -0.4 is 10.6 Å². The second-order valence-corrected chi connectivity index (χ2v) is 7.31. The number of carbonyl (C=O) groups is 1. The van der Waals surface area contributed by atoms with Gasteiger partial charge in [-0.05, 0) is 33.1 Å². The molecular formula is C18H32IN7O. The van der Waals surface area contributed by atoms with Crippen LogP contribution in [-0.2, 0) is 18.4 Å². The van der Waals surface area contributed by atoms with Crippen molar-refractivity contribution < 1.29 is 4.79 Å². The van der Waals surface area contributed by atoms with E-state index in [1.54, 1.807) is 0 Å². The molecule has 2 N–H and O–H groups in total. The maximum absolute atomic E-state index is 12.6. The normalized spacial score (nSPS) is 20.6. The van der Waals surface area contributed by atoms with Crippen LogP contribution in [0.25, 0.3) is 0 Å². The van der Waals surface area contributed by atoms with Gasteiger partial charge in [-0.3, -0.25) is 4.79 Å². The molecule has 1 aliphatic carbocycles. The maximum Gasteiger partial charge on any atom is 0.225 e. The predicted octanol–water partition coefficient (Wildman–Crippen LogP) is 1.59. The SMILES string of the molecule is CCNC(=NCc1nnc(C)n1C)NC1CCN(C(=O)C2CCCC2)C1.I. The van der Waals surface area contributed by atoms with Crippen LogP contribution in [0.2, 0.25) is 0 Å². The van der Waals surface area contributed by atoms with E-state index in [2.05, 4.69) is 25.8 Å². The zero-order valence-corrected chi connectivity index (χ0v) is 18.9. The molecule has 0 bridgehead atoms. The van der Waals surface area contributed by atoms with Crippen LogP contribution in [-0.4, -0.2) is 57.2 Å². The summed E-state index contributed by atoms with van der Waals surface area (Å²) in [7, 11) is 1.95. The van der Waals surface area contributed by atoms with E-state index in [9.17, 15) is 4.79 Å². The molecule has 1 saturated carbocycles. The lowest BCUT2D eigenvalue weighted by Crippen LogP contribution is -2.45. The largest absolute Gasteiger partial charge is 0.357 e. The fraction of sp³-hybridized carbons (Fsp3) is 0.778. The Morgan fingerprint density at radius 2 is 2.00 bits per heavy atom. The molecule has 0 radical (unpaired) electrons. The van der Waals surface area contributed by atoms with Crippen molar-refractivity contribution in [1.29, 1.82) is 0 Å². The van der Waals surface area contributed by atoms with Crippen molar-refractivity contribution in [2.75, 3.05) is 19.6 Å². The molecular weight excluding hydrogens is 457 g/mol. The van der Waals surface area contributed by atoms with Crippen molar-refractivity contribution in [2.45, 2.75) is 58.5 Å². The topological polar surface area (TPSA) is 87.4 Å². The number of aryl methyl sites for hydroxylation is 1. The van der Waals surface area contributed by atoms with Crippen molar-refractivity contribution >= 4 is 35.8 Å². The lowest BCUT2D eigenvalue weighted by molar-refractivity contribution is -0.134. The van der Waals surface area contributed by atoms with Crippen LogP contribution >= 0.6 is 24.0 Å². The van der Waals surface area contributed by atoms with Gasteiger partial charge in [0.15, 0.2) is 11.8 Å². The standard InChI is InChI=1S/C18H31N7O.HI/c1-4-19-18(20-11-16-23-22-13(2)24(16)3)21-15-9-10-25(12-15)17(26)14-7-5-6-8-14;/h14-15H,4-12H2,1-3H3,(H2,19,20,21);1H. The zero-order valence-electron chi connectivity index (χ0n) is 16.6. The van der Waals surface area contributed by atoms with E-state index in [0.29, 0.717) is 12.5 Å². The number of nitrogens with one attached hydrogen (secondary N) is 2. The molecule has 27 heavy (non-hydrogen) atoms. The van der Waals surface area contributed by atoms with Crippen LogP contribution in [0.3, 0.4) is 0 Å². The summed E-state index contributed by atoms with van der Waals surface area (Å²) in [5.74, 6) is 3.10. The molecule has 1 aromatic heterocycles. The minimum atomic E-state index is 0. The minimum absolute atomic E-state index is 0. The third-order valence-electron chi connectivity index (χ3n) is 5.45. The van der Waals surface area contributed by atoms with Gasteiger partial charge in [0.05, 0.1) is 0 Å². The van der Waals surface area contributed by atoms with Crippen molar-refractivity contribution in [3.63, 3.8) is 0 Å². The molecule has 152 valence electrons. The van der Waals surface area contributed by atoms with Gasteiger partial charge < -0.3 is 20.1 Å². The average Bonchev–Trinajstić information content (AvgIpc) is 3.37. The molecule has 2 aliphatic rings. The number of aliphatic imine (C=N–C) groups is 1. The fourth-order valence-corrected chi connectivity index (χ4v) is 3.76. The summed E-state index contributed by atoms with van der Waals surface area (Å²) in [6, 6.07) is 0.249. The van der Waals surface area contributed by atoms with E-state index in [1.165, 1.54) is 12.8 Å². The van der Waals surface area contributed by atoms with E-state index in [1.807, 2.05) is 30.4 Å². The number of rotatable bonds is 5. The number of hydrogen-bond donors (Lipinski definition) is 2. The molecule has 1 saturated heterocycles. The number of likely N-dealkylation sites (tertiary alicyclic amines) is 1. The van der Waals surface area contributed by atoms with Gasteiger partial charge in [-0.1, -0.05) is 12.8 Å². The summed E-state index contributed by atoms with van der Waals surface area (Å²) < 4.78 is 1.95. The summed E-state index contributed by atoms with van der Waals surface area (Å²) in [5.41, 5.74) is 0. The van der Waals surface area contributed by atoms with Crippen LogP contribution in [0.4, 0.5) is 0 Å². The summed E-state index contributed by atoms with van der Waals surface area (Å²) in [6.45, 7) is 6.86. The smallest absolute Gasteiger partial charge is 0.225 e. The predicted molar refractivity (Wildman–Crippen MR) is 116 cm³/mol. The van der Waals surface area contributed by atoms with E-state index >= 15 is 0 Å². The number of guanidine groups is 1. The van der Waals surface area contributed by atoms with Crippen molar-refractivity contribution in [2.24, 2.45) is 18.0 Å². The second-order valence-electron chi connectivity index (χ2n) is 7.31. The third kappa shape index (κ3) is 5.55. The lowest BCUT2D eigenvalue weighted by Gasteiger charge is -2.21. The van der Waals surface area contributed by atoms with Crippen molar-refractivity contribution in [3.8, 4) is 0 Å². The molecule has 1 amide bonds. The van der Waals surface area contributed by atoms with Gasteiger partial charge in [0.2, 0.25) is 5.91 Å². The molecule has 9 heteroatoms. The highest BCUT2D eigenvalue weighted by Crippen LogP contribution is 2.27. The van der Waals surface area contributed by atoms with Gasteiger partial charge in [-0.15, -0.1) is 34.2 Å². The van der Waals surface area contributed by atoms with E-state index in [-0.39, 0.29) is 35.9 Å². The first kappa shape index (κ1) is 21.9. The molecule has 0 spiro atoms. The Morgan fingerprint density at radius 1 is 1.26 bits per heavy atom. The van der Waals surface area contributed by atoms with Crippen LogP contribution in [0, 0.1) is 12.8 Å². The maximum atomic E-state index is 12.6. The first-order valence-electron chi connectivity index (χ1n) is 9.77. The third-order valence-corrected chi connectivity index (χ3v) is 5.45. The minimum Gasteiger partial charge on any atom is -0.357 e. The Hall–Kier alpha value is -1.39. The number of aromatic nitrogens is 3. The van der Waals surface area contributed by atoms with E-state index < -0.39 is 0 Å². The van der Waals surface area contributed by atoms with Crippen LogP contribution in [0.15, 0.2) is 4.99 Å². The highest BCUT2D eigenvalue weighted by Gasteiger charge is 2.32. The van der Waals surface area contributed by atoms with E-state index in [0.717, 1.165) is 56.5 Å². The highest BCUT2D eigenvalue weighted by atomic mass is 127. The second kappa shape index (κ2) is 10.2. The Kier molecular flexibility index (Phi) is 8.30. The molecule has 2 heterocycles. The molecule has 1 aromatic rings. The molecule has 1 unspecified atom stereocenters. The summed E-state index contributed by atoms with van der Waals surface area (Å²) in [4.78, 5) is 19.3. The number of hydrogen-bond acceptors (Lipinski definition) is 4. The number of nitrogens with zero attached hydrogens (tertiary/aromatic N) is 5. The van der Waals surface area contributed by atoms with Gasteiger partial charge >= 0.3 is 0 Å². The zero-order chi connectivity index (χ0) is 18.5. The summed E-state index contributed by atoms with van der Waals surface area (Å²) in [6.07, 6.45) is 5.49. The Balaban J connectivity index is 0.00000261. The number of halogens is 1.